The van der Waals surface area contributed by atoms with Crippen LogP contribution in [0.5, 0.6) is 5.75 Å². The van der Waals surface area contributed by atoms with Gasteiger partial charge in [0.1, 0.15) is 17.4 Å². The largest absolute Gasteiger partial charge is 0.490 e. The van der Waals surface area contributed by atoms with Gasteiger partial charge in [0.25, 0.3) is 0 Å². The van der Waals surface area contributed by atoms with Crippen molar-refractivity contribution in [1.82, 2.24) is 0 Å². The first kappa shape index (κ1) is 17.9. The molecule has 118 valence electrons. The molecule has 0 saturated heterocycles. The van der Waals surface area contributed by atoms with Crippen LogP contribution in [0, 0.1) is 5.41 Å². The lowest BCUT2D eigenvalue weighted by Crippen LogP contribution is -2.14. The topological polar surface area (TPSA) is 92.0 Å². The molecule has 22 heavy (non-hydrogen) atoms. The molecule has 1 aromatic rings. The first-order valence-corrected chi connectivity index (χ1v) is 7.56. The van der Waals surface area contributed by atoms with E-state index in [2.05, 4.69) is 16.3 Å². The van der Waals surface area contributed by atoms with Gasteiger partial charge in [0.05, 0.1) is 19.4 Å². The van der Waals surface area contributed by atoms with E-state index in [1.807, 2.05) is 0 Å². The average molecular weight is 322 g/mol. The first-order chi connectivity index (χ1) is 10.5. The van der Waals surface area contributed by atoms with Crippen molar-refractivity contribution in [3.05, 3.63) is 42.0 Å². The van der Waals surface area contributed by atoms with Crippen LogP contribution in [-0.2, 0) is 11.3 Å². The van der Waals surface area contributed by atoms with Crippen molar-refractivity contribution in [2.24, 2.45) is 4.99 Å². The highest BCUT2D eigenvalue weighted by Crippen LogP contribution is 2.20. The fourth-order valence-corrected chi connectivity index (χ4v) is 2.08. The van der Waals surface area contributed by atoms with Crippen LogP contribution >= 0.6 is 11.8 Å². The summed E-state index contributed by atoms with van der Waals surface area (Å²) in [6.07, 6.45) is 2.54. The molecular weight excluding hydrogens is 304 g/mol. The second-order valence-electron chi connectivity index (χ2n) is 4.09. The number of amides is 1. The van der Waals surface area contributed by atoms with Gasteiger partial charge >= 0.3 is 6.09 Å². The number of aliphatic hydroxyl groups is 1. The molecule has 1 aromatic carbocycles. The van der Waals surface area contributed by atoms with E-state index < -0.39 is 6.09 Å². The van der Waals surface area contributed by atoms with Gasteiger partial charge in [-0.15, -0.1) is 11.8 Å². The fourth-order valence-electron chi connectivity index (χ4n) is 1.59. The lowest BCUT2D eigenvalue weighted by Gasteiger charge is -2.11. The Balaban J connectivity index is 3.17. The predicted molar refractivity (Wildman–Crippen MR) is 88.2 cm³/mol. The number of carbonyl (C=O) groups is 1. The number of hydrogen-bond donors (Lipinski definition) is 2. The maximum Gasteiger partial charge on any atom is 0.434 e. The zero-order valence-electron chi connectivity index (χ0n) is 12.5. The summed E-state index contributed by atoms with van der Waals surface area (Å²) < 4.78 is 9.92. The van der Waals surface area contributed by atoms with Gasteiger partial charge in [-0.3, -0.25) is 5.41 Å². The quantitative estimate of drug-likeness (QED) is 0.477. The normalized spacial score (nSPS) is 11.0. The maximum atomic E-state index is 11.3. The van der Waals surface area contributed by atoms with Gasteiger partial charge in [0.2, 0.25) is 0 Å². The minimum Gasteiger partial charge on any atom is -0.490 e. The molecule has 0 fully saturated rings. The molecule has 0 radical (unpaired) electrons. The zero-order valence-corrected chi connectivity index (χ0v) is 13.3. The van der Waals surface area contributed by atoms with Gasteiger partial charge in [-0.2, -0.15) is 4.99 Å². The number of methoxy groups -OCH3 is 1. The molecule has 0 saturated carbocycles. The van der Waals surface area contributed by atoms with Gasteiger partial charge in [-0.25, -0.2) is 4.79 Å². The monoisotopic (exact) mass is 322 g/mol. The molecule has 0 aliphatic rings. The van der Waals surface area contributed by atoms with E-state index in [4.69, 9.17) is 10.1 Å². The molecule has 0 atom stereocenters. The molecule has 6 nitrogen and oxygen atoms in total. The van der Waals surface area contributed by atoms with Crippen LogP contribution < -0.4 is 4.74 Å². The number of carbonyl (C=O) groups excluding carboxylic acids is 1. The van der Waals surface area contributed by atoms with Crippen molar-refractivity contribution in [3.8, 4) is 5.75 Å². The summed E-state index contributed by atoms with van der Waals surface area (Å²) in [5, 5.41) is 17.7. The molecule has 2 N–H and O–H groups in total. The maximum absolute atomic E-state index is 11.3. The Kier molecular flexibility index (Phi) is 7.34. The molecule has 0 aromatic heterocycles. The Morgan fingerprint density at radius 3 is 2.77 bits per heavy atom. The number of aliphatic hydroxyl groups excluding tert-OH is 1. The highest BCUT2D eigenvalue weighted by molar-refractivity contribution is 8.15. The molecule has 1 rings (SSSR count). The van der Waals surface area contributed by atoms with Crippen LogP contribution in [0.2, 0.25) is 0 Å². The van der Waals surface area contributed by atoms with Gasteiger partial charge < -0.3 is 14.6 Å². The number of ether oxygens (including phenoxy) is 2. The molecular formula is C15H18N2O4S. The van der Waals surface area contributed by atoms with Crippen molar-refractivity contribution >= 4 is 28.6 Å². The number of rotatable bonds is 6. The first-order valence-electron chi connectivity index (χ1n) is 6.34. The SMILES string of the molecule is C=CCOc1cc(CO)cc(C(=N)C(=NC(=O)OC)SC)c1. The van der Waals surface area contributed by atoms with Crippen molar-refractivity contribution in [2.75, 3.05) is 20.0 Å². The van der Waals surface area contributed by atoms with E-state index in [1.165, 1.54) is 7.11 Å². The molecule has 7 heteroatoms. The Labute approximate surface area is 133 Å². The van der Waals surface area contributed by atoms with Crippen molar-refractivity contribution in [3.63, 3.8) is 0 Å². The summed E-state index contributed by atoms with van der Waals surface area (Å²) >= 11 is 1.16. The second-order valence-corrected chi connectivity index (χ2v) is 4.88. The standard InChI is InChI=1S/C15H18N2O4S/c1-4-5-21-12-7-10(9-18)6-11(8-12)13(16)14(22-3)17-15(19)20-2/h4,6-8,16,18H,1,5,9H2,2-3H3. The van der Waals surface area contributed by atoms with Crippen LogP contribution in [0.15, 0.2) is 35.8 Å². The van der Waals surface area contributed by atoms with E-state index in [1.54, 1.807) is 30.5 Å². The lowest BCUT2D eigenvalue weighted by molar-refractivity contribution is 0.183. The Bertz CT molecular complexity index is 599. The number of hydrogen-bond acceptors (Lipinski definition) is 6. The third kappa shape index (κ3) is 5.01. The molecule has 0 unspecified atom stereocenters. The number of nitrogens with one attached hydrogen (secondary N) is 1. The fraction of sp³-hybridized carbons (Fsp3) is 0.267. The van der Waals surface area contributed by atoms with E-state index >= 15 is 0 Å². The highest BCUT2D eigenvalue weighted by atomic mass is 32.2. The van der Waals surface area contributed by atoms with Crippen molar-refractivity contribution in [1.29, 1.82) is 5.41 Å². The molecule has 0 bridgehead atoms. The Morgan fingerprint density at radius 1 is 1.50 bits per heavy atom. The van der Waals surface area contributed by atoms with Gasteiger partial charge in [0.15, 0.2) is 0 Å². The summed E-state index contributed by atoms with van der Waals surface area (Å²) in [7, 11) is 1.22. The molecule has 1 amide bonds. The van der Waals surface area contributed by atoms with E-state index in [0.29, 0.717) is 23.5 Å². The van der Waals surface area contributed by atoms with Crippen LogP contribution in [0.25, 0.3) is 0 Å². The van der Waals surface area contributed by atoms with E-state index in [0.717, 1.165) is 11.8 Å². The summed E-state index contributed by atoms with van der Waals surface area (Å²) in [5.74, 6) is 0.504. The van der Waals surface area contributed by atoms with Gasteiger partial charge in [-0.05, 0) is 30.0 Å². The molecule has 0 spiro atoms. The van der Waals surface area contributed by atoms with Crippen LogP contribution in [-0.4, -0.2) is 41.9 Å². The van der Waals surface area contributed by atoms with Crippen molar-refractivity contribution < 1.29 is 19.4 Å². The van der Waals surface area contributed by atoms with E-state index in [-0.39, 0.29) is 17.4 Å². The highest BCUT2D eigenvalue weighted by Gasteiger charge is 2.13. The molecule has 0 aliphatic carbocycles. The summed E-state index contributed by atoms with van der Waals surface area (Å²) in [6.45, 7) is 3.70. The predicted octanol–water partition coefficient (Wildman–Crippen LogP) is 2.64. The van der Waals surface area contributed by atoms with Crippen molar-refractivity contribution in [2.45, 2.75) is 6.61 Å². The van der Waals surface area contributed by atoms with Crippen LogP contribution in [0.3, 0.4) is 0 Å². The molecule has 0 heterocycles. The number of thioether (sulfide) groups is 1. The van der Waals surface area contributed by atoms with Crippen LogP contribution in [0.1, 0.15) is 11.1 Å². The smallest absolute Gasteiger partial charge is 0.434 e. The van der Waals surface area contributed by atoms with Gasteiger partial charge in [0, 0.05) is 5.56 Å². The number of nitrogens with zero attached hydrogens (tertiary/aromatic N) is 1. The number of benzene rings is 1. The third-order valence-corrected chi connectivity index (χ3v) is 3.26. The second kappa shape index (κ2) is 9.01. The minimum absolute atomic E-state index is 0.0525. The Hall–Kier alpha value is -2.12. The minimum atomic E-state index is -0.768. The zero-order chi connectivity index (χ0) is 16.5. The van der Waals surface area contributed by atoms with Crippen LogP contribution in [0.4, 0.5) is 4.79 Å². The summed E-state index contributed by atoms with van der Waals surface area (Å²) in [4.78, 5) is 15.0. The van der Waals surface area contributed by atoms with E-state index in [9.17, 15) is 9.90 Å². The number of aliphatic imine (C=N–C) groups is 1. The Morgan fingerprint density at radius 2 is 2.23 bits per heavy atom. The average Bonchev–Trinajstić information content (AvgIpc) is 2.56. The summed E-state index contributed by atoms with van der Waals surface area (Å²) in [6, 6.07) is 4.97. The summed E-state index contributed by atoms with van der Waals surface area (Å²) in [5.41, 5.74) is 1.14. The van der Waals surface area contributed by atoms with Gasteiger partial charge in [-0.1, -0.05) is 12.7 Å². The third-order valence-electron chi connectivity index (χ3n) is 2.58. The molecule has 0 aliphatic heterocycles. The lowest BCUT2D eigenvalue weighted by atomic mass is 10.1.